The third-order valence-electron chi connectivity index (χ3n) is 3.06. The second-order valence-electron chi connectivity index (χ2n) is 4.88. The minimum Gasteiger partial charge on any atom is -0.478 e. The normalized spacial score (nSPS) is 13.0. The molecule has 0 aromatic rings. The molecule has 0 fully saturated rings. The molecular formula is C15H28O3. The summed E-state index contributed by atoms with van der Waals surface area (Å²) in [6.07, 6.45) is 13.4. The minimum absolute atomic E-state index is 0.122. The first-order chi connectivity index (χ1) is 8.66. The maximum Gasteiger partial charge on any atom is 0.327 e. The van der Waals surface area contributed by atoms with Gasteiger partial charge in [-0.25, -0.2) is 4.79 Å². The Kier molecular flexibility index (Phi) is 12.0. The number of aliphatic carboxylic acids is 1. The maximum absolute atomic E-state index is 10.2. The summed E-state index contributed by atoms with van der Waals surface area (Å²) in [7, 11) is 0. The Bertz CT molecular complexity index is 224. The highest BCUT2D eigenvalue weighted by Crippen LogP contribution is 2.12. The van der Waals surface area contributed by atoms with Crippen LogP contribution in [0.25, 0.3) is 0 Å². The van der Waals surface area contributed by atoms with Gasteiger partial charge in [-0.05, 0) is 25.7 Å². The van der Waals surface area contributed by atoms with Crippen molar-refractivity contribution < 1.29 is 15.0 Å². The van der Waals surface area contributed by atoms with Gasteiger partial charge in [-0.2, -0.15) is 0 Å². The molecule has 0 amide bonds. The van der Waals surface area contributed by atoms with Crippen LogP contribution in [-0.2, 0) is 4.79 Å². The Labute approximate surface area is 111 Å². The van der Waals surface area contributed by atoms with Gasteiger partial charge in [-0.15, -0.1) is 0 Å². The Morgan fingerprint density at radius 2 is 1.67 bits per heavy atom. The van der Waals surface area contributed by atoms with E-state index in [1.165, 1.54) is 18.9 Å². The molecule has 1 unspecified atom stereocenters. The molecule has 0 radical (unpaired) electrons. The van der Waals surface area contributed by atoms with Crippen LogP contribution in [-0.4, -0.2) is 22.3 Å². The predicted octanol–water partition coefficient (Wildman–Crippen LogP) is 3.91. The molecule has 18 heavy (non-hydrogen) atoms. The molecule has 0 spiro atoms. The lowest BCUT2D eigenvalue weighted by molar-refractivity contribution is -0.131. The highest BCUT2D eigenvalue weighted by molar-refractivity contribution is 5.79. The van der Waals surface area contributed by atoms with Gasteiger partial charge in [0.2, 0.25) is 0 Å². The maximum atomic E-state index is 10.2. The number of carboxylic acids is 1. The summed E-state index contributed by atoms with van der Waals surface area (Å²) in [5.74, 6) is -0.870. The molecule has 0 bridgehead atoms. The lowest BCUT2D eigenvalue weighted by atomic mass is 10.0. The van der Waals surface area contributed by atoms with Gasteiger partial charge >= 0.3 is 5.97 Å². The summed E-state index contributed by atoms with van der Waals surface area (Å²) in [6.45, 7) is 2.17. The number of hydrogen-bond donors (Lipinski definition) is 2. The van der Waals surface area contributed by atoms with Crippen molar-refractivity contribution in [3.8, 4) is 0 Å². The fourth-order valence-corrected chi connectivity index (χ4v) is 1.95. The molecule has 0 aromatic carbocycles. The summed E-state index contributed by atoms with van der Waals surface area (Å²) in [6, 6.07) is 0. The van der Waals surface area contributed by atoms with Crippen LogP contribution in [0, 0.1) is 0 Å². The Balaban J connectivity index is 3.22. The molecular weight excluding hydrogens is 228 g/mol. The van der Waals surface area contributed by atoms with E-state index in [0.29, 0.717) is 0 Å². The Morgan fingerprint density at radius 3 is 2.28 bits per heavy atom. The van der Waals surface area contributed by atoms with Crippen LogP contribution < -0.4 is 0 Å². The zero-order valence-corrected chi connectivity index (χ0v) is 11.6. The topological polar surface area (TPSA) is 57.5 Å². The third-order valence-corrected chi connectivity index (χ3v) is 3.06. The molecule has 3 nitrogen and oxygen atoms in total. The number of rotatable bonds is 12. The molecule has 1 atom stereocenters. The molecule has 2 N–H and O–H groups in total. The second kappa shape index (κ2) is 12.6. The van der Waals surface area contributed by atoms with E-state index in [0.717, 1.165) is 51.4 Å². The van der Waals surface area contributed by atoms with Crippen LogP contribution in [0.1, 0.15) is 71.1 Å². The van der Waals surface area contributed by atoms with Crippen LogP contribution in [0.4, 0.5) is 0 Å². The van der Waals surface area contributed by atoms with Gasteiger partial charge < -0.3 is 10.2 Å². The third kappa shape index (κ3) is 13.2. The van der Waals surface area contributed by atoms with Crippen molar-refractivity contribution in [2.75, 3.05) is 0 Å². The smallest absolute Gasteiger partial charge is 0.327 e. The first-order valence-electron chi connectivity index (χ1n) is 7.24. The van der Waals surface area contributed by atoms with Crippen LogP contribution in [0.3, 0.4) is 0 Å². The molecule has 0 aliphatic carbocycles. The van der Waals surface area contributed by atoms with Crippen molar-refractivity contribution in [1.29, 1.82) is 0 Å². The standard InChI is InChI=1S/C15H28O3/c1-2-3-8-11-14(16)12-9-6-4-5-7-10-13-15(17)18/h10,13-14,16H,2-9,11-12H2,1H3,(H,17,18). The van der Waals surface area contributed by atoms with Gasteiger partial charge in [0.15, 0.2) is 0 Å². The number of aliphatic hydroxyl groups is 1. The van der Waals surface area contributed by atoms with E-state index < -0.39 is 5.97 Å². The quantitative estimate of drug-likeness (QED) is 0.411. The van der Waals surface area contributed by atoms with Gasteiger partial charge in [-0.1, -0.05) is 51.5 Å². The monoisotopic (exact) mass is 256 g/mol. The zero-order chi connectivity index (χ0) is 13.6. The second-order valence-corrected chi connectivity index (χ2v) is 4.88. The molecule has 3 heteroatoms. The number of unbranched alkanes of at least 4 members (excludes halogenated alkanes) is 6. The van der Waals surface area contributed by atoms with Gasteiger partial charge in [0, 0.05) is 6.08 Å². The summed E-state index contributed by atoms with van der Waals surface area (Å²) < 4.78 is 0. The molecule has 0 aliphatic heterocycles. The van der Waals surface area contributed by atoms with Crippen molar-refractivity contribution in [2.24, 2.45) is 0 Å². The Morgan fingerprint density at radius 1 is 1.06 bits per heavy atom. The summed E-state index contributed by atoms with van der Waals surface area (Å²) in [5.41, 5.74) is 0. The summed E-state index contributed by atoms with van der Waals surface area (Å²) in [4.78, 5) is 10.2. The molecule has 0 aliphatic rings. The molecule has 0 rings (SSSR count). The van der Waals surface area contributed by atoms with E-state index in [4.69, 9.17) is 5.11 Å². The van der Waals surface area contributed by atoms with E-state index in [9.17, 15) is 9.90 Å². The van der Waals surface area contributed by atoms with E-state index in [1.54, 1.807) is 6.08 Å². The van der Waals surface area contributed by atoms with Gasteiger partial charge in [-0.3, -0.25) is 0 Å². The number of hydrogen-bond acceptors (Lipinski definition) is 2. The van der Waals surface area contributed by atoms with Crippen LogP contribution >= 0.6 is 0 Å². The molecule has 106 valence electrons. The largest absolute Gasteiger partial charge is 0.478 e. The average Bonchev–Trinajstić information content (AvgIpc) is 2.32. The van der Waals surface area contributed by atoms with Gasteiger partial charge in [0.25, 0.3) is 0 Å². The van der Waals surface area contributed by atoms with Crippen molar-refractivity contribution >= 4 is 5.97 Å². The first kappa shape index (κ1) is 17.2. The van der Waals surface area contributed by atoms with E-state index in [2.05, 4.69) is 6.92 Å². The molecule has 0 heterocycles. The van der Waals surface area contributed by atoms with Crippen molar-refractivity contribution in [3.05, 3.63) is 12.2 Å². The van der Waals surface area contributed by atoms with Gasteiger partial charge in [0.1, 0.15) is 0 Å². The number of allylic oxidation sites excluding steroid dienone is 1. The molecule has 0 saturated heterocycles. The predicted molar refractivity (Wildman–Crippen MR) is 74.6 cm³/mol. The lowest BCUT2D eigenvalue weighted by Crippen LogP contribution is -2.05. The highest BCUT2D eigenvalue weighted by atomic mass is 16.4. The number of aliphatic hydroxyl groups excluding tert-OH is 1. The van der Waals surface area contributed by atoms with Crippen LogP contribution in [0.5, 0.6) is 0 Å². The van der Waals surface area contributed by atoms with Crippen molar-refractivity contribution in [2.45, 2.75) is 77.2 Å². The summed E-state index contributed by atoms with van der Waals surface area (Å²) in [5, 5.41) is 18.1. The average molecular weight is 256 g/mol. The van der Waals surface area contributed by atoms with E-state index in [-0.39, 0.29) is 6.10 Å². The van der Waals surface area contributed by atoms with Crippen LogP contribution in [0.2, 0.25) is 0 Å². The molecule has 0 aromatic heterocycles. The summed E-state index contributed by atoms with van der Waals surface area (Å²) >= 11 is 0. The molecule has 0 saturated carbocycles. The van der Waals surface area contributed by atoms with E-state index in [1.807, 2.05) is 0 Å². The number of carboxylic acid groups (broad SMARTS) is 1. The Hall–Kier alpha value is -0.830. The van der Waals surface area contributed by atoms with E-state index >= 15 is 0 Å². The minimum atomic E-state index is -0.870. The fraction of sp³-hybridized carbons (Fsp3) is 0.800. The lowest BCUT2D eigenvalue weighted by Gasteiger charge is -2.09. The van der Waals surface area contributed by atoms with Gasteiger partial charge in [0.05, 0.1) is 6.10 Å². The van der Waals surface area contributed by atoms with Crippen molar-refractivity contribution in [3.63, 3.8) is 0 Å². The zero-order valence-electron chi connectivity index (χ0n) is 11.6. The fourth-order valence-electron chi connectivity index (χ4n) is 1.95. The number of carbonyl (C=O) groups is 1. The first-order valence-corrected chi connectivity index (χ1v) is 7.24. The van der Waals surface area contributed by atoms with Crippen LogP contribution in [0.15, 0.2) is 12.2 Å². The highest BCUT2D eigenvalue weighted by Gasteiger charge is 2.02. The SMILES string of the molecule is CCCCCC(O)CCCCCCC=CC(=O)O. The van der Waals surface area contributed by atoms with Crippen molar-refractivity contribution in [1.82, 2.24) is 0 Å².